The Labute approximate surface area is 85.3 Å². The largest absolute Gasteiger partial charge is 0.392 e. The van der Waals surface area contributed by atoms with Crippen LogP contribution in [0, 0.1) is 0 Å². The molecular formula is C10H20N2O2. The second kappa shape index (κ2) is 5.32. The summed E-state index contributed by atoms with van der Waals surface area (Å²) in [4.78, 5) is 13.6. The van der Waals surface area contributed by atoms with E-state index in [4.69, 9.17) is 5.11 Å². The van der Waals surface area contributed by atoms with E-state index in [0.717, 1.165) is 6.54 Å². The highest BCUT2D eigenvalue weighted by Crippen LogP contribution is 2.25. The molecule has 1 saturated carbocycles. The molecule has 1 amide bonds. The number of aliphatic hydroxyl groups is 1. The van der Waals surface area contributed by atoms with E-state index in [1.807, 2.05) is 0 Å². The zero-order valence-corrected chi connectivity index (χ0v) is 8.99. The number of aliphatic hydroxyl groups excluding tert-OH is 1. The van der Waals surface area contributed by atoms with E-state index in [0.29, 0.717) is 19.1 Å². The average Bonchev–Trinajstić information content (AvgIpc) is 2.94. The summed E-state index contributed by atoms with van der Waals surface area (Å²) in [7, 11) is 0. The number of carbonyl (C=O) groups excluding carboxylic acids is 1. The van der Waals surface area contributed by atoms with E-state index in [9.17, 15) is 4.79 Å². The fourth-order valence-corrected chi connectivity index (χ4v) is 1.44. The Kier molecular flexibility index (Phi) is 4.35. The maximum Gasteiger partial charge on any atom is 0.234 e. The maximum atomic E-state index is 11.4. The first kappa shape index (κ1) is 11.5. The first-order valence-corrected chi connectivity index (χ1v) is 5.32. The average molecular weight is 200 g/mol. The van der Waals surface area contributed by atoms with Crippen LogP contribution in [0.5, 0.6) is 0 Å². The van der Waals surface area contributed by atoms with Gasteiger partial charge in [-0.3, -0.25) is 9.69 Å². The van der Waals surface area contributed by atoms with Crippen LogP contribution in [-0.2, 0) is 4.79 Å². The van der Waals surface area contributed by atoms with Gasteiger partial charge in [0.2, 0.25) is 5.91 Å². The minimum absolute atomic E-state index is 0.0136. The number of hydrogen-bond donors (Lipinski definition) is 2. The molecule has 0 aliphatic heterocycles. The Morgan fingerprint density at radius 3 is 2.71 bits per heavy atom. The van der Waals surface area contributed by atoms with Crippen LogP contribution >= 0.6 is 0 Å². The number of likely N-dealkylation sites (N-methyl/N-ethyl adjacent to an activating group) is 1. The smallest absolute Gasteiger partial charge is 0.234 e. The lowest BCUT2D eigenvalue weighted by Crippen LogP contribution is -2.40. The van der Waals surface area contributed by atoms with Crippen molar-refractivity contribution in [1.29, 1.82) is 0 Å². The lowest BCUT2D eigenvalue weighted by atomic mass is 10.4. The van der Waals surface area contributed by atoms with Crippen molar-refractivity contribution in [1.82, 2.24) is 10.2 Å². The molecule has 1 atom stereocenters. The third-order valence-electron chi connectivity index (χ3n) is 2.41. The summed E-state index contributed by atoms with van der Waals surface area (Å²) in [6.07, 6.45) is 1.98. The van der Waals surface area contributed by atoms with Gasteiger partial charge in [-0.2, -0.15) is 0 Å². The second-order valence-corrected chi connectivity index (χ2v) is 3.95. The minimum atomic E-state index is -0.463. The summed E-state index contributed by atoms with van der Waals surface area (Å²) in [5.41, 5.74) is 0. The molecule has 0 bridgehead atoms. The van der Waals surface area contributed by atoms with Gasteiger partial charge in [0.25, 0.3) is 0 Å². The van der Waals surface area contributed by atoms with E-state index in [-0.39, 0.29) is 5.91 Å². The topological polar surface area (TPSA) is 52.6 Å². The molecule has 1 rings (SSSR count). The SMILES string of the molecule is CCN(CC(=O)NCC(C)O)C1CC1. The molecule has 0 heterocycles. The van der Waals surface area contributed by atoms with Crippen molar-refractivity contribution in [3.63, 3.8) is 0 Å². The number of nitrogens with zero attached hydrogens (tertiary/aromatic N) is 1. The standard InChI is InChI=1S/C10H20N2O2/c1-3-12(9-4-5-9)7-10(14)11-6-8(2)13/h8-9,13H,3-7H2,1-2H3,(H,11,14). The van der Waals surface area contributed by atoms with Crippen molar-refractivity contribution in [2.45, 2.75) is 38.8 Å². The fourth-order valence-electron chi connectivity index (χ4n) is 1.44. The van der Waals surface area contributed by atoms with Gasteiger partial charge in [0.05, 0.1) is 12.6 Å². The van der Waals surface area contributed by atoms with Gasteiger partial charge in [-0.1, -0.05) is 6.92 Å². The molecule has 1 fully saturated rings. The Bertz CT molecular complexity index is 191. The first-order chi connectivity index (χ1) is 6.63. The summed E-state index contributed by atoms with van der Waals surface area (Å²) in [6.45, 7) is 5.47. The molecule has 1 aliphatic carbocycles. The second-order valence-electron chi connectivity index (χ2n) is 3.95. The van der Waals surface area contributed by atoms with Crippen molar-refractivity contribution < 1.29 is 9.90 Å². The summed E-state index contributed by atoms with van der Waals surface area (Å²) >= 11 is 0. The van der Waals surface area contributed by atoms with Crippen LogP contribution in [0.3, 0.4) is 0 Å². The molecule has 82 valence electrons. The van der Waals surface area contributed by atoms with Crippen molar-refractivity contribution in [2.24, 2.45) is 0 Å². The van der Waals surface area contributed by atoms with Crippen LogP contribution in [0.15, 0.2) is 0 Å². The van der Waals surface area contributed by atoms with Gasteiger partial charge in [-0.05, 0) is 26.3 Å². The van der Waals surface area contributed by atoms with Gasteiger partial charge >= 0.3 is 0 Å². The van der Waals surface area contributed by atoms with Gasteiger partial charge in [-0.15, -0.1) is 0 Å². The predicted molar refractivity (Wildman–Crippen MR) is 55.0 cm³/mol. The zero-order valence-electron chi connectivity index (χ0n) is 8.99. The molecular weight excluding hydrogens is 180 g/mol. The Hall–Kier alpha value is -0.610. The van der Waals surface area contributed by atoms with Crippen LogP contribution in [-0.4, -0.2) is 47.7 Å². The highest BCUT2D eigenvalue weighted by Gasteiger charge is 2.28. The van der Waals surface area contributed by atoms with E-state index >= 15 is 0 Å². The highest BCUT2D eigenvalue weighted by molar-refractivity contribution is 5.78. The van der Waals surface area contributed by atoms with Crippen molar-refractivity contribution in [3.05, 3.63) is 0 Å². The fraction of sp³-hybridized carbons (Fsp3) is 0.900. The third-order valence-corrected chi connectivity index (χ3v) is 2.41. The third kappa shape index (κ3) is 4.07. The summed E-state index contributed by atoms with van der Waals surface area (Å²) in [5, 5.41) is 11.7. The Morgan fingerprint density at radius 1 is 1.64 bits per heavy atom. The lowest BCUT2D eigenvalue weighted by molar-refractivity contribution is -0.122. The van der Waals surface area contributed by atoms with Crippen LogP contribution in [0.25, 0.3) is 0 Å². The Balaban J connectivity index is 2.17. The molecule has 1 unspecified atom stereocenters. The van der Waals surface area contributed by atoms with E-state index in [1.165, 1.54) is 12.8 Å². The molecule has 14 heavy (non-hydrogen) atoms. The number of amides is 1. The molecule has 2 N–H and O–H groups in total. The van der Waals surface area contributed by atoms with Crippen LogP contribution in [0.4, 0.5) is 0 Å². The van der Waals surface area contributed by atoms with E-state index in [1.54, 1.807) is 6.92 Å². The molecule has 0 saturated heterocycles. The van der Waals surface area contributed by atoms with Gasteiger partial charge in [0.15, 0.2) is 0 Å². The van der Waals surface area contributed by atoms with Crippen molar-refractivity contribution in [3.8, 4) is 0 Å². The molecule has 0 aromatic carbocycles. The first-order valence-electron chi connectivity index (χ1n) is 5.32. The van der Waals surface area contributed by atoms with Gasteiger partial charge in [-0.25, -0.2) is 0 Å². The maximum absolute atomic E-state index is 11.4. The molecule has 4 nitrogen and oxygen atoms in total. The summed E-state index contributed by atoms with van der Waals surface area (Å²) in [6, 6.07) is 0.622. The number of carbonyl (C=O) groups is 1. The van der Waals surface area contributed by atoms with Gasteiger partial charge in [0.1, 0.15) is 0 Å². The summed E-state index contributed by atoms with van der Waals surface area (Å²) in [5.74, 6) is 0.0136. The van der Waals surface area contributed by atoms with Crippen LogP contribution in [0.1, 0.15) is 26.7 Å². The highest BCUT2D eigenvalue weighted by atomic mass is 16.3. The molecule has 0 aromatic heterocycles. The van der Waals surface area contributed by atoms with Gasteiger partial charge < -0.3 is 10.4 Å². The molecule has 4 heteroatoms. The monoisotopic (exact) mass is 200 g/mol. The quantitative estimate of drug-likeness (QED) is 0.633. The zero-order chi connectivity index (χ0) is 10.6. The minimum Gasteiger partial charge on any atom is -0.392 e. The van der Waals surface area contributed by atoms with Gasteiger partial charge in [0, 0.05) is 12.6 Å². The molecule has 0 spiro atoms. The Morgan fingerprint density at radius 2 is 2.29 bits per heavy atom. The normalized spacial score (nSPS) is 18.3. The van der Waals surface area contributed by atoms with Crippen molar-refractivity contribution in [2.75, 3.05) is 19.6 Å². The van der Waals surface area contributed by atoms with Crippen LogP contribution in [0.2, 0.25) is 0 Å². The van der Waals surface area contributed by atoms with E-state index in [2.05, 4.69) is 17.1 Å². The lowest BCUT2D eigenvalue weighted by Gasteiger charge is -2.19. The number of rotatable bonds is 6. The van der Waals surface area contributed by atoms with Crippen LogP contribution < -0.4 is 5.32 Å². The predicted octanol–water partition coefficient (Wildman–Crippen LogP) is -0.0323. The van der Waals surface area contributed by atoms with Crippen molar-refractivity contribution >= 4 is 5.91 Å². The molecule has 0 radical (unpaired) electrons. The molecule has 1 aliphatic rings. The molecule has 0 aromatic rings. The number of nitrogens with one attached hydrogen (secondary N) is 1. The number of hydrogen-bond acceptors (Lipinski definition) is 3. The summed E-state index contributed by atoms with van der Waals surface area (Å²) < 4.78 is 0. The van der Waals surface area contributed by atoms with E-state index < -0.39 is 6.10 Å².